The van der Waals surface area contributed by atoms with Crippen molar-refractivity contribution >= 4 is 11.9 Å². The number of aromatic amines is 1. The molecule has 0 unspecified atom stereocenters. The van der Waals surface area contributed by atoms with Gasteiger partial charge in [0.15, 0.2) is 5.75 Å². The molecule has 0 atom stereocenters. The Labute approximate surface area is 133 Å². The number of carboxylic acids is 1. The van der Waals surface area contributed by atoms with Crippen LogP contribution < -0.4 is 66.8 Å². The average Bonchev–Trinajstić information content (AvgIpc) is 2.20. The van der Waals surface area contributed by atoms with Gasteiger partial charge in [-0.1, -0.05) is 6.92 Å². The molecule has 0 fully saturated rings. The SMILES string of the molecule is CCC(=O)Oc1ccc(C(=O)[O-])[nH]c1=O.[K+]. The third kappa shape index (κ3) is 4.18. The summed E-state index contributed by atoms with van der Waals surface area (Å²) in [5.74, 6) is -2.30. The monoisotopic (exact) mass is 249 g/mol. The van der Waals surface area contributed by atoms with Crippen LogP contribution in [-0.4, -0.2) is 16.9 Å². The van der Waals surface area contributed by atoms with Crippen molar-refractivity contribution in [3.05, 3.63) is 28.2 Å². The largest absolute Gasteiger partial charge is 1.00 e. The molecule has 0 aliphatic rings. The Bertz CT molecular complexity index is 453. The molecule has 1 aromatic heterocycles. The molecule has 0 saturated heterocycles. The van der Waals surface area contributed by atoms with E-state index >= 15 is 0 Å². The first-order valence-electron chi connectivity index (χ1n) is 4.20. The van der Waals surface area contributed by atoms with Crippen molar-refractivity contribution in [2.75, 3.05) is 0 Å². The second kappa shape index (κ2) is 6.97. The van der Waals surface area contributed by atoms with Gasteiger partial charge >= 0.3 is 57.4 Å². The summed E-state index contributed by atoms with van der Waals surface area (Å²) in [7, 11) is 0. The molecule has 7 heteroatoms. The molecule has 0 bridgehead atoms. The number of H-pyrrole nitrogens is 1. The van der Waals surface area contributed by atoms with Gasteiger partial charge in [-0.2, -0.15) is 0 Å². The van der Waals surface area contributed by atoms with Crippen LogP contribution in [0.25, 0.3) is 0 Å². The average molecular weight is 249 g/mol. The van der Waals surface area contributed by atoms with Gasteiger partial charge in [-0.3, -0.25) is 9.59 Å². The zero-order valence-corrected chi connectivity index (χ0v) is 12.0. The summed E-state index contributed by atoms with van der Waals surface area (Å²) in [5.41, 5.74) is -1.14. The molecular weight excluding hydrogens is 241 g/mol. The number of esters is 1. The molecule has 1 rings (SSSR count). The Kier molecular flexibility index (Phi) is 6.76. The van der Waals surface area contributed by atoms with Gasteiger partial charge in [0.2, 0.25) is 0 Å². The van der Waals surface area contributed by atoms with Crippen molar-refractivity contribution in [1.29, 1.82) is 0 Å². The third-order valence-corrected chi connectivity index (χ3v) is 1.61. The van der Waals surface area contributed by atoms with Crippen molar-refractivity contribution in [2.45, 2.75) is 13.3 Å². The molecule has 0 spiro atoms. The molecule has 0 saturated carbocycles. The van der Waals surface area contributed by atoms with E-state index in [1.54, 1.807) is 6.92 Å². The minimum absolute atomic E-state index is 0. The Morgan fingerprint density at radius 1 is 1.44 bits per heavy atom. The van der Waals surface area contributed by atoms with Gasteiger partial charge in [-0.15, -0.1) is 0 Å². The molecule has 1 aromatic rings. The molecule has 0 radical (unpaired) electrons. The maximum atomic E-state index is 11.2. The van der Waals surface area contributed by atoms with E-state index in [1.165, 1.54) is 0 Å². The van der Waals surface area contributed by atoms with Crippen LogP contribution in [-0.2, 0) is 4.79 Å². The van der Waals surface area contributed by atoms with Crippen LogP contribution in [0.3, 0.4) is 0 Å². The Morgan fingerprint density at radius 2 is 2.06 bits per heavy atom. The van der Waals surface area contributed by atoms with E-state index in [2.05, 4.69) is 4.74 Å². The van der Waals surface area contributed by atoms with Crippen molar-refractivity contribution in [3.8, 4) is 5.75 Å². The Balaban J connectivity index is 0.00000225. The minimum atomic E-state index is -1.50. The maximum Gasteiger partial charge on any atom is 1.00 e. The number of aromatic nitrogens is 1. The predicted molar refractivity (Wildman–Crippen MR) is 47.3 cm³/mol. The van der Waals surface area contributed by atoms with Crippen molar-refractivity contribution in [1.82, 2.24) is 4.98 Å². The number of pyridine rings is 1. The molecule has 1 heterocycles. The fourth-order valence-electron chi connectivity index (χ4n) is 0.855. The number of rotatable bonds is 3. The summed E-state index contributed by atoms with van der Waals surface area (Å²) in [6.45, 7) is 1.58. The van der Waals surface area contributed by atoms with E-state index in [4.69, 9.17) is 0 Å². The first-order valence-corrected chi connectivity index (χ1v) is 4.20. The molecule has 0 aliphatic heterocycles. The van der Waals surface area contributed by atoms with Gasteiger partial charge in [-0.25, -0.2) is 0 Å². The second-order valence-corrected chi connectivity index (χ2v) is 2.68. The van der Waals surface area contributed by atoms with Gasteiger partial charge in [-0.05, 0) is 12.1 Å². The van der Waals surface area contributed by atoms with Crippen molar-refractivity contribution < 1.29 is 70.8 Å². The predicted octanol–water partition coefficient (Wildman–Crippen LogP) is -3.94. The molecule has 80 valence electrons. The molecule has 0 aromatic carbocycles. The second-order valence-electron chi connectivity index (χ2n) is 2.68. The molecule has 0 amide bonds. The molecule has 1 N–H and O–H groups in total. The van der Waals surface area contributed by atoms with Crippen LogP contribution >= 0.6 is 0 Å². The quantitative estimate of drug-likeness (QED) is 0.435. The number of carbonyl (C=O) groups is 2. The van der Waals surface area contributed by atoms with Gasteiger partial charge in [0.1, 0.15) is 0 Å². The summed E-state index contributed by atoms with van der Waals surface area (Å²) in [5, 5.41) is 10.4. The zero-order chi connectivity index (χ0) is 11.4. The van der Waals surface area contributed by atoms with E-state index < -0.39 is 17.5 Å². The van der Waals surface area contributed by atoms with Gasteiger partial charge in [0, 0.05) is 6.42 Å². The van der Waals surface area contributed by atoms with Gasteiger partial charge in [0.05, 0.1) is 11.7 Å². The van der Waals surface area contributed by atoms with E-state index in [1.807, 2.05) is 4.98 Å². The summed E-state index contributed by atoms with van der Waals surface area (Å²) in [6, 6.07) is 2.20. The zero-order valence-electron chi connectivity index (χ0n) is 8.90. The fraction of sp³-hybridized carbons (Fsp3) is 0.222. The molecule has 0 aliphatic carbocycles. The minimum Gasteiger partial charge on any atom is -0.543 e. The van der Waals surface area contributed by atoms with Crippen LogP contribution in [0.4, 0.5) is 0 Å². The van der Waals surface area contributed by atoms with Crippen LogP contribution in [0.2, 0.25) is 0 Å². The van der Waals surface area contributed by atoms with Gasteiger partial charge < -0.3 is 19.6 Å². The molecule has 6 nitrogen and oxygen atoms in total. The van der Waals surface area contributed by atoms with E-state index in [0.29, 0.717) is 0 Å². The van der Waals surface area contributed by atoms with Gasteiger partial charge in [0.25, 0.3) is 5.56 Å². The van der Waals surface area contributed by atoms with Crippen LogP contribution in [0.5, 0.6) is 5.75 Å². The normalized spacial score (nSPS) is 9.06. The number of ether oxygens (including phenoxy) is 1. The fourth-order valence-corrected chi connectivity index (χ4v) is 0.855. The number of aromatic carboxylic acids is 1. The van der Waals surface area contributed by atoms with Crippen molar-refractivity contribution in [3.63, 3.8) is 0 Å². The third-order valence-electron chi connectivity index (χ3n) is 1.61. The molecular formula is C9H8KNO5. The number of carbonyl (C=O) groups excluding carboxylic acids is 2. The topological polar surface area (TPSA) is 99.3 Å². The first kappa shape index (κ1) is 15.5. The Hall–Kier alpha value is -0.474. The summed E-state index contributed by atoms with van der Waals surface area (Å²) >= 11 is 0. The number of hydrogen-bond acceptors (Lipinski definition) is 5. The van der Waals surface area contributed by atoms with Crippen molar-refractivity contribution in [2.24, 2.45) is 0 Å². The van der Waals surface area contributed by atoms with E-state index in [-0.39, 0.29) is 69.2 Å². The smallest absolute Gasteiger partial charge is 0.543 e. The van der Waals surface area contributed by atoms with Crippen LogP contribution in [0.15, 0.2) is 16.9 Å². The van der Waals surface area contributed by atoms with E-state index in [9.17, 15) is 19.5 Å². The van der Waals surface area contributed by atoms with Crippen LogP contribution in [0, 0.1) is 0 Å². The van der Waals surface area contributed by atoms with Crippen LogP contribution in [0.1, 0.15) is 23.8 Å². The number of carboxylic acid groups (broad SMARTS) is 1. The van der Waals surface area contributed by atoms with E-state index in [0.717, 1.165) is 12.1 Å². The number of hydrogen-bond donors (Lipinski definition) is 1. The Morgan fingerprint density at radius 3 is 2.50 bits per heavy atom. The summed E-state index contributed by atoms with van der Waals surface area (Å²) < 4.78 is 4.63. The first-order chi connectivity index (χ1) is 7.04. The maximum absolute atomic E-state index is 11.2. The molecule has 16 heavy (non-hydrogen) atoms. The standard InChI is InChI=1S/C9H9NO5.K/c1-2-7(11)15-6-4-3-5(9(13)14)10-8(6)12;/h3-4H,2H2,1H3,(H,10,12)(H,13,14);/q;+1/p-1. The summed E-state index contributed by atoms with van der Waals surface area (Å²) in [4.78, 5) is 34.4. The number of nitrogens with one attached hydrogen (secondary N) is 1. The summed E-state index contributed by atoms with van der Waals surface area (Å²) in [6.07, 6.45) is 0.127.